The fraction of sp³-hybridized carbons (Fsp3) is 0.500. The van der Waals surface area contributed by atoms with Crippen LogP contribution in [0.1, 0.15) is 13.8 Å². The van der Waals surface area contributed by atoms with Crippen molar-refractivity contribution in [2.24, 2.45) is 0 Å². The molecule has 118 valence electrons. The third-order valence-corrected chi connectivity index (χ3v) is 3.88. The number of para-hydroxylation sites is 1. The summed E-state index contributed by atoms with van der Waals surface area (Å²) in [5.41, 5.74) is -0.321. The third kappa shape index (κ3) is 3.18. The molecule has 0 aliphatic carbocycles. The number of anilines is 1. The molecule has 6 heteroatoms. The molecule has 2 aromatic rings. The Balaban J connectivity index is 1.78. The smallest absolute Gasteiger partial charge is 0.149 e. The molecule has 0 unspecified atom stereocenters. The summed E-state index contributed by atoms with van der Waals surface area (Å²) >= 11 is 0. The van der Waals surface area contributed by atoms with Gasteiger partial charge in [-0.25, -0.2) is 14.4 Å². The summed E-state index contributed by atoms with van der Waals surface area (Å²) in [5, 5.41) is 10.7. The van der Waals surface area contributed by atoms with Crippen LogP contribution in [0.15, 0.2) is 24.5 Å². The first-order valence-electron chi connectivity index (χ1n) is 7.53. The van der Waals surface area contributed by atoms with E-state index in [0.717, 1.165) is 37.4 Å². The van der Waals surface area contributed by atoms with Gasteiger partial charge in [-0.15, -0.1) is 0 Å². The number of benzene rings is 1. The number of aromatic nitrogens is 2. The van der Waals surface area contributed by atoms with Gasteiger partial charge < -0.3 is 10.0 Å². The highest BCUT2D eigenvalue weighted by Crippen LogP contribution is 2.25. The van der Waals surface area contributed by atoms with Crippen molar-refractivity contribution in [1.82, 2.24) is 14.9 Å². The number of β-amino-alcohol motifs (C(OH)–C–C–N with tert-alkyl or cyclic N) is 1. The lowest BCUT2D eigenvalue weighted by molar-refractivity contribution is 0.0345. The van der Waals surface area contributed by atoms with E-state index < -0.39 is 5.60 Å². The predicted octanol–water partition coefficient (Wildman–Crippen LogP) is 1.66. The molecule has 1 aromatic carbocycles. The maximum atomic E-state index is 13.8. The minimum absolute atomic E-state index is 0.318. The summed E-state index contributed by atoms with van der Waals surface area (Å²) in [4.78, 5) is 12.8. The average molecular weight is 304 g/mol. The van der Waals surface area contributed by atoms with Gasteiger partial charge in [0.15, 0.2) is 0 Å². The van der Waals surface area contributed by atoms with Crippen LogP contribution in [0.4, 0.5) is 10.2 Å². The molecule has 1 aliphatic rings. The molecule has 1 N–H and O–H groups in total. The van der Waals surface area contributed by atoms with Crippen LogP contribution in [0.5, 0.6) is 0 Å². The summed E-state index contributed by atoms with van der Waals surface area (Å²) in [6.45, 7) is 7.60. The molecular formula is C16H21FN4O. The van der Waals surface area contributed by atoms with Crippen LogP contribution in [0.2, 0.25) is 0 Å². The Hall–Kier alpha value is -1.79. The van der Waals surface area contributed by atoms with Gasteiger partial charge in [0.2, 0.25) is 0 Å². The number of fused-ring (bicyclic) bond motifs is 1. The Morgan fingerprint density at radius 1 is 1.18 bits per heavy atom. The van der Waals surface area contributed by atoms with Gasteiger partial charge in [-0.1, -0.05) is 6.07 Å². The van der Waals surface area contributed by atoms with E-state index in [4.69, 9.17) is 0 Å². The van der Waals surface area contributed by atoms with Crippen LogP contribution in [0.3, 0.4) is 0 Å². The highest BCUT2D eigenvalue weighted by Gasteiger charge is 2.24. The first kappa shape index (κ1) is 15.1. The molecule has 1 aliphatic heterocycles. The van der Waals surface area contributed by atoms with Crippen molar-refractivity contribution >= 4 is 16.7 Å². The first-order chi connectivity index (χ1) is 10.4. The maximum Gasteiger partial charge on any atom is 0.149 e. The second-order valence-electron chi connectivity index (χ2n) is 6.41. The Kier molecular flexibility index (Phi) is 3.97. The molecule has 2 heterocycles. The summed E-state index contributed by atoms with van der Waals surface area (Å²) in [7, 11) is 0. The molecule has 0 amide bonds. The Labute approximate surface area is 129 Å². The van der Waals surface area contributed by atoms with Crippen LogP contribution < -0.4 is 4.90 Å². The van der Waals surface area contributed by atoms with Crippen molar-refractivity contribution in [2.75, 3.05) is 37.6 Å². The van der Waals surface area contributed by atoms with Gasteiger partial charge in [0.05, 0.1) is 5.60 Å². The zero-order chi connectivity index (χ0) is 15.7. The standard InChI is InChI=1S/C16H21FN4O/c1-16(2,22)10-20-6-8-21(9-7-20)15-12-4-3-5-13(17)14(12)18-11-19-15/h3-5,11,22H,6-10H2,1-2H3. The van der Waals surface area contributed by atoms with E-state index in [2.05, 4.69) is 19.8 Å². The van der Waals surface area contributed by atoms with Gasteiger partial charge in [-0.2, -0.15) is 0 Å². The lowest BCUT2D eigenvalue weighted by Crippen LogP contribution is -2.50. The van der Waals surface area contributed by atoms with Gasteiger partial charge >= 0.3 is 0 Å². The van der Waals surface area contributed by atoms with Gasteiger partial charge in [0.25, 0.3) is 0 Å². The monoisotopic (exact) mass is 304 g/mol. The molecule has 1 saturated heterocycles. The zero-order valence-corrected chi connectivity index (χ0v) is 13.0. The molecule has 0 radical (unpaired) electrons. The lowest BCUT2D eigenvalue weighted by atomic mass is 10.1. The number of rotatable bonds is 3. The van der Waals surface area contributed by atoms with Crippen molar-refractivity contribution in [3.8, 4) is 0 Å². The number of halogens is 1. The second-order valence-corrected chi connectivity index (χ2v) is 6.41. The molecule has 0 atom stereocenters. The van der Waals surface area contributed by atoms with Gasteiger partial charge in [-0.05, 0) is 26.0 Å². The number of nitrogens with zero attached hydrogens (tertiary/aromatic N) is 4. The molecule has 22 heavy (non-hydrogen) atoms. The molecule has 1 aromatic heterocycles. The van der Waals surface area contributed by atoms with E-state index in [1.54, 1.807) is 6.07 Å². The van der Waals surface area contributed by atoms with Crippen LogP contribution in [0, 0.1) is 5.82 Å². The Morgan fingerprint density at radius 2 is 1.91 bits per heavy atom. The summed E-state index contributed by atoms with van der Waals surface area (Å²) < 4.78 is 13.8. The lowest BCUT2D eigenvalue weighted by Gasteiger charge is -2.38. The van der Waals surface area contributed by atoms with E-state index in [-0.39, 0.29) is 5.82 Å². The minimum Gasteiger partial charge on any atom is -0.389 e. The van der Waals surface area contributed by atoms with Gasteiger partial charge in [0, 0.05) is 38.1 Å². The predicted molar refractivity (Wildman–Crippen MR) is 84.4 cm³/mol. The summed E-state index contributed by atoms with van der Waals surface area (Å²) in [5.74, 6) is 0.467. The van der Waals surface area contributed by atoms with Gasteiger partial charge in [-0.3, -0.25) is 4.90 Å². The Morgan fingerprint density at radius 3 is 2.59 bits per heavy atom. The van der Waals surface area contributed by atoms with Crippen molar-refractivity contribution < 1.29 is 9.50 Å². The molecule has 3 rings (SSSR count). The largest absolute Gasteiger partial charge is 0.389 e. The quantitative estimate of drug-likeness (QED) is 0.934. The molecule has 0 spiro atoms. The molecule has 0 saturated carbocycles. The average Bonchev–Trinajstić information content (AvgIpc) is 2.46. The number of hydrogen-bond acceptors (Lipinski definition) is 5. The highest BCUT2D eigenvalue weighted by molar-refractivity contribution is 5.89. The van der Waals surface area contributed by atoms with Crippen LogP contribution >= 0.6 is 0 Å². The highest BCUT2D eigenvalue weighted by atomic mass is 19.1. The molecular weight excluding hydrogens is 283 g/mol. The van der Waals surface area contributed by atoms with Crippen molar-refractivity contribution in [1.29, 1.82) is 0 Å². The Bertz CT molecular complexity index is 663. The fourth-order valence-electron chi connectivity index (χ4n) is 2.95. The van der Waals surface area contributed by atoms with Gasteiger partial charge in [0.1, 0.15) is 23.5 Å². The third-order valence-electron chi connectivity index (χ3n) is 3.88. The number of aliphatic hydroxyl groups is 1. The fourth-order valence-corrected chi connectivity index (χ4v) is 2.95. The van der Waals surface area contributed by atoms with Crippen LogP contribution in [0.25, 0.3) is 10.9 Å². The van der Waals surface area contributed by atoms with E-state index >= 15 is 0 Å². The summed E-state index contributed by atoms with van der Waals surface area (Å²) in [6, 6.07) is 4.96. The molecule has 0 bridgehead atoms. The first-order valence-corrected chi connectivity index (χ1v) is 7.53. The minimum atomic E-state index is -0.688. The SMILES string of the molecule is CC(C)(O)CN1CCN(c2ncnc3c(F)cccc23)CC1. The summed E-state index contributed by atoms with van der Waals surface area (Å²) in [6.07, 6.45) is 1.42. The molecule has 5 nitrogen and oxygen atoms in total. The molecule has 1 fully saturated rings. The topological polar surface area (TPSA) is 52.5 Å². The van der Waals surface area contributed by atoms with Crippen LogP contribution in [-0.4, -0.2) is 58.3 Å². The maximum absolute atomic E-state index is 13.8. The second kappa shape index (κ2) is 5.78. The van der Waals surface area contributed by atoms with E-state index in [0.29, 0.717) is 12.1 Å². The van der Waals surface area contributed by atoms with E-state index in [9.17, 15) is 9.50 Å². The van der Waals surface area contributed by atoms with E-state index in [1.807, 2.05) is 19.9 Å². The van der Waals surface area contributed by atoms with Crippen LogP contribution in [-0.2, 0) is 0 Å². The zero-order valence-electron chi connectivity index (χ0n) is 13.0. The van der Waals surface area contributed by atoms with E-state index in [1.165, 1.54) is 12.4 Å². The van der Waals surface area contributed by atoms with Crippen molar-refractivity contribution in [3.63, 3.8) is 0 Å². The number of piperazine rings is 1. The number of hydrogen-bond donors (Lipinski definition) is 1. The normalized spacial score (nSPS) is 17.2. The van der Waals surface area contributed by atoms with Crippen molar-refractivity contribution in [2.45, 2.75) is 19.4 Å². The van der Waals surface area contributed by atoms with Crippen molar-refractivity contribution in [3.05, 3.63) is 30.3 Å².